The van der Waals surface area contributed by atoms with E-state index in [1.165, 1.54) is 0 Å². The maximum Gasteiger partial charge on any atom is 0.225 e. The van der Waals surface area contributed by atoms with Crippen molar-refractivity contribution in [3.05, 3.63) is 0 Å². The predicted molar refractivity (Wildman–Crippen MR) is 64.5 cm³/mol. The lowest BCUT2D eigenvalue weighted by Gasteiger charge is -2.23. The van der Waals surface area contributed by atoms with Crippen molar-refractivity contribution in [1.29, 1.82) is 0 Å². The zero-order chi connectivity index (χ0) is 11.9. The first-order chi connectivity index (χ1) is 6.97. The second-order valence-corrected chi connectivity index (χ2v) is 4.80. The summed E-state index contributed by atoms with van der Waals surface area (Å²) in [4.78, 5) is 11.8. The van der Waals surface area contributed by atoms with E-state index in [1.54, 1.807) is 0 Å². The van der Waals surface area contributed by atoms with Crippen LogP contribution in [0.1, 0.15) is 47.0 Å². The molecule has 90 valence electrons. The van der Waals surface area contributed by atoms with E-state index >= 15 is 0 Å². The van der Waals surface area contributed by atoms with Crippen molar-refractivity contribution in [2.75, 3.05) is 13.1 Å². The number of rotatable bonds is 7. The molecule has 0 saturated heterocycles. The van der Waals surface area contributed by atoms with Crippen molar-refractivity contribution in [3.63, 3.8) is 0 Å². The Kier molecular flexibility index (Phi) is 6.57. The van der Waals surface area contributed by atoms with Gasteiger partial charge in [0.2, 0.25) is 5.91 Å². The number of carbonyl (C=O) groups is 1. The van der Waals surface area contributed by atoms with Crippen molar-refractivity contribution in [3.8, 4) is 0 Å². The van der Waals surface area contributed by atoms with Gasteiger partial charge in [0.05, 0.1) is 0 Å². The first-order valence-corrected chi connectivity index (χ1v) is 5.96. The van der Waals surface area contributed by atoms with Crippen LogP contribution in [0.4, 0.5) is 0 Å². The minimum absolute atomic E-state index is 0.153. The van der Waals surface area contributed by atoms with Crippen molar-refractivity contribution < 1.29 is 4.79 Å². The first-order valence-electron chi connectivity index (χ1n) is 5.96. The molecule has 0 fully saturated rings. The van der Waals surface area contributed by atoms with E-state index in [9.17, 15) is 4.79 Å². The molecule has 0 aliphatic heterocycles. The van der Waals surface area contributed by atoms with Gasteiger partial charge in [-0.3, -0.25) is 4.79 Å². The van der Waals surface area contributed by atoms with Gasteiger partial charge in [0.25, 0.3) is 0 Å². The highest BCUT2D eigenvalue weighted by Gasteiger charge is 2.25. The van der Waals surface area contributed by atoms with Gasteiger partial charge in [-0.15, -0.1) is 0 Å². The fourth-order valence-electron chi connectivity index (χ4n) is 1.32. The number of nitrogens with two attached hydrogens (primary N) is 1. The molecule has 0 radical (unpaired) electrons. The molecule has 0 saturated carbocycles. The topological polar surface area (TPSA) is 55.1 Å². The summed E-state index contributed by atoms with van der Waals surface area (Å²) in [6.07, 6.45) is 2.93. The number of amides is 1. The van der Waals surface area contributed by atoms with Crippen LogP contribution in [0, 0.1) is 11.3 Å². The van der Waals surface area contributed by atoms with Gasteiger partial charge in [-0.05, 0) is 25.3 Å². The second kappa shape index (κ2) is 6.83. The third-order valence-corrected chi connectivity index (χ3v) is 3.20. The quantitative estimate of drug-likeness (QED) is 0.680. The van der Waals surface area contributed by atoms with Gasteiger partial charge in [0.1, 0.15) is 0 Å². The van der Waals surface area contributed by atoms with E-state index in [-0.39, 0.29) is 11.3 Å². The molecule has 3 nitrogen and oxygen atoms in total. The van der Waals surface area contributed by atoms with Crippen LogP contribution in [0.3, 0.4) is 0 Å². The lowest BCUT2D eigenvalue weighted by Crippen LogP contribution is -2.39. The van der Waals surface area contributed by atoms with E-state index in [4.69, 9.17) is 5.73 Å². The highest BCUT2D eigenvalue weighted by atomic mass is 16.2. The first kappa shape index (κ1) is 14.4. The number of hydrogen-bond donors (Lipinski definition) is 2. The standard InChI is InChI=1S/C12H26N2O/c1-5-10(7-8-13)9-14-11(15)12(3,4)6-2/h10H,5-9,13H2,1-4H3,(H,14,15). The lowest BCUT2D eigenvalue weighted by molar-refractivity contribution is -0.129. The number of hydrogen-bond acceptors (Lipinski definition) is 2. The van der Waals surface area contributed by atoms with Gasteiger partial charge in [-0.2, -0.15) is 0 Å². The Hall–Kier alpha value is -0.570. The summed E-state index contributed by atoms with van der Waals surface area (Å²) in [6.45, 7) is 9.59. The molecule has 0 aliphatic carbocycles. The van der Waals surface area contributed by atoms with Crippen LogP contribution in [0.25, 0.3) is 0 Å². The SMILES string of the molecule is CCC(CCN)CNC(=O)C(C)(C)CC. The summed E-state index contributed by atoms with van der Waals surface area (Å²) in [6, 6.07) is 0. The average Bonchev–Trinajstić information content (AvgIpc) is 2.23. The Bertz CT molecular complexity index is 190. The number of carbonyl (C=O) groups excluding carboxylic acids is 1. The molecule has 15 heavy (non-hydrogen) atoms. The summed E-state index contributed by atoms with van der Waals surface area (Å²) in [5, 5.41) is 3.02. The second-order valence-electron chi connectivity index (χ2n) is 4.80. The highest BCUT2D eigenvalue weighted by molar-refractivity contribution is 5.81. The molecule has 0 aromatic heterocycles. The van der Waals surface area contributed by atoms with E-state index in [2.05, 4.69) is 12.2 Å². The van der Waals surface area contributed by atoms with Crippen LogP contribution in [0.2, 0.25) is 0 Å². The van der Waals surface area contributed by atoms with E-state index in [1.807, 2.05) is 20.8 Å². The molecule has 1 atom stereocenters. The molecular weight excluding hydrogens is 188 g/mol. The van der Waals surface area contributed by atoms with Gasteiger partial charge in [0, 0.05) is 12.0 Å². The largest absolute Gasteiger partial charge is 0.355 e. The molecule has 3 N–H and O–H groups in total. The third kappa shape index (κ3) is 5.17. The molecule has 1 unspecified atom stereocenters. The molecule has 0 spiro atoms. The Labute approximate surface area is 93.8 Å². The summed E-state index contributed by atoms with van der Waals surface area (Å²) >= 11 is 0. The van der Waals surface area contributed by atoms with Crippen LogP contribution in [0.5, 0.6) is 0 Å². The Morgan fingerprint density at radius 2 is 2.00 bits per heavy atom. The van der Waals surface area contributed by atoms with Crippen LogP contribution in [-0.4, -0.2) is 19.0 Å². The molecular formula is C12H26N2O. The fraction of sp³-hybridized carbons (Fsp3) is 0.917. The summed E-state index contributed by atoms with van der Waals surface area (Å²) in [7, 11) is 0. The maximum atomic E-state index is 11.8. The monoisotopic (exact) mass is 214 g/mol. The summed E-state index contributed by atoms with van der Waals surface area (Å²) in [5.41, 5.74) is 5.26. The van der Waals surface area contributed by atoms with Crippen LogP contribution in [0.15, 0.2) is 0 Å². The average molecular weight is 214 g/mol. The van der Waals surface area contributed by atoms with Crippen molar-refractivity contribution >= 4 is 5.91 Å². The van der Waals surface area contributed by atoms with E-state index < -0.39 is 0 Å². The summed E-state index contributed by atoms with van der Waals surface area (Å²) < 4.78 is 0. The molecule has 0 bridgehead atoms. The Balaban J connectivity index is 3.98. The Morgan fingerprint density at radius 3 is 2.40 bits per heavy atom. The smallest absolute Gasteiger partial charge is 0.225 e. The minimum Gasteiger partial charge on any atom is -0.355 e. The highest BCUT2D eigenvalue weighted by Crippen LogP contribution is 2.19. The van der Waals surface area contributed by atoms with Gasteiger partial charge >= 0.3 is 0 Å². The summed E-state index contributed by atoms with van der Waals surface area (Å²) in [5.74, 6) is 0.673. The Morgan fingerprint density at radius 1 is 1.40 bits per heavy atom. The van der Waals surface area contributed by atoms with Gasteiger partial charge in [0.15, 0.2) is 0 Å². The van der Waals surface area contributed by atoms with Gasteiger partial charge in [-0.25, -0.2) is 0 Å². The molecule has 3 heteroatoms. The maximum absolute atomic E-state index is 11.8. The van der Waals surface area contributed by atoms with E-state index in [0.29, 0.717) is 12.5 Å². The minimum atomic E-state index is -0.249. The van der Waals surface area contributed by atoms with Crippen LogP contribution in [-0.2, 0) is 4.79 Å². The predicted octanol–water partition coefficient (Wildman–Crippen LogP) is 1.91. The van der Waals surface area contributed by atoms with Crippen LogP contribution >= 0.6 is 0 Å². The van der Waals surface area contributed by atoms with Crippen LogP contribution < -0.4 is 11.1 Å². The molecule has 0 aliphatic rings. The van der Waals surface area contributed by atoms with Crippen molar-refractivity contribution in [2.45, 2.75) is 47.0 Å². The molecule has 0 aromatic carbocycles. The van der Waals surface area contributed by atoms with Gasteiger partial charge < -0.3 is 11.1 Å². The third-order valence-electron chi connectivity index (χ3n) is 3.20. The molecule has 0 aromatic rings. The number of nitrogens with one attached hydrogen (secondary N) is 1. The lowest BCUT2D eigenvalue weighted by atomic mass is 9.89. The molecule has 0 heterocycles. The zero-order valence-corrected chi connectivity index (χ0v) is 10.6. The van der Waals surface area contributed by atoms with Crippen molar-refractivity contribution in [2.24, 2.45) is 17.1 Å². The fourth-order valence-corrected chi connectivity index (χ4v) is 1.32. The normalized spacial score (nSPS) is 13.7. The van der Waals surface area contributed by atoms with E-state index in [0.717, 1.165) is 25.8 Å². The zero-order valence-electron chi connectivity index (χ0n) is 10.6. The van der Waals surface area contributed by atoms with Crippen molar-refractivity contribution in [1.82, 2.24) is 5.32 Å². The molecule has 0 rings (SSSR count). The molecule has 1 amide bonds. The van der Waals surface area contributed by atoms with Gasteiger partial charge in [-0.1, -0.05) is 34.1 Å².